The Hall–Kier alpha value is -0.440. The average Bonchev–Trinajstić information content (AvgIpc) is 1.73. The van der Waals surface area contributed by atoms with Gasteiger partial charge < -0.3 is 0 Å². The van der Waals surface area contributed by atoms with Crippen LogP contribution in [0.25, 0.3) is 0 Å². The second-order valence-corrected chi connectivity index (χ2v) is 3.70. The molecular formula is C9H10. The lowest BCUT2D eigenvalue weighted by Gasteiger charge is -2.58. The van der Waals surface area contributed by atoms with Gasteiger partial charge in [-0.05, 0) is 30.6 Å². The van der Waals surface area contributed by atoms with Gasteiger partial charge in [0.1, 0.15) is 0 Å². The molecule has 0 amide bonds. The Labute approximate surface area is 55.6 Å². The fourth-order valence-corrected chi connectivity index (χ4v) is 2.79. The van der Waals surface area contributed by atoms with Gasteiger partial charge in [0.2, 0.25) is 0 Å². The van der Waals surface area contributed by atoms with Gasteiger partial charge in [-0.1, -0.05) is 5.92 Å². The fourth-order valence-electron chi connectivity index (χ4n) is 2.79. The number of rotatable bonds is 0. The zero-order valence-electron chi connectivity index (χ0n) is 5.43. The van der Waals surface area contributed by atoms with Crippen LogP contribution >= 0.6 is 0 Å². The summed E-state index contributed by atoms with van der Waals surface area (Å²) in [4.78, 5) is 0. The third-order valence-corrected chi connectivity index (χ3v) is 3.37. The van der Waals surface area contributed by atoms with Gasteiger partial charge in [0.05, 0.1) is 0 Å². The molecule has 0 heterocycles. The predicted molar refractivity (Wildman–Crippen MR) is 35.6 cm³/mol. The van der Waals surface area contributed by atoms with Crippen LogP contribution in [0.2, 0.25) is 0 Å². The Morgan fingerprint density at radius 3 is 2.78 bits per heavy atom. The Morgan fingerprint density at radius 1 is 1.11 bits per heavy atom. The van der Waals surface area contributed by atoms with Crippen LogP contribution in [-0.2, 0) is 0 Å². The van der Waals surface area contributed by atoms with Crippen molar-refractivity contribution in [3.63, 3.8) is 0 Å². The molecule has 0 aromatic carbocycles. The first kappa shape index (κ1) is 4.39. The monoisotopic (exact) mass is 118 g/mol. The second kappa shape index (κ2) is 1.19. The summed E-state index contributed by atoms with van der Waals surface area (Å²) in [5.74, 6) is 10.7. The van der Waals surface area contributed by atoms with E-state index < -0.39 is 0 Å². The molecular weight excluding hydrogens is 108 g/mol. The van der Waals surface area contributed by atoms with Crippen molar-refractivity contribution in [3.8, 4) is 11.8 Å². The van der Waals surface area contributed by atoms with Crippen molar-refractivity contribution in [3.05, 3.63) is 0 Å². The molecule has 0 aromatic rings. The van der Waals surface area contributed by atoms with E-state index in [1.165, 1.54) is 19.3 Å². The lowest BCUT2D eigenvalue weighted by atomic mass is 9.46. The van der Waals surface area contributed by atoms with Crippen LogP contribution in [0.5, 0.6) is 0 Å². The molecule has 46 valence electrons. The maximum Gasteiger partial charge on any atom is 0.0239 e. The quantitative estimate of drug-likeness (QED) is 0.424. The summed E-state index contributed by atoms with van der Waals surface area (Å²) in [7, 11) is 0. The summed E-state index contributed by atoms with van der Waals surface area (Å²) in [6, 6.07) is 0. The van der Waals surface area contributed by atoms with E-state index in [1.54, 1.807) is 0 Å². The van der Waals surface area contributed by atoms with Gasteiger partial charge in [-0.25, -0.2) is 0 Å². The molecule has 0 aromatic heterocycles. The highest BCUT2D eigenvalue weighted by Crippen LogP contribution is 2.59. The Morgan fingerprint density at radius 2 is 2.11 bits per heavy atom. The summed E-state index contributed by atoms with van der Waals surface area (Å²) in [6.07, 6.45) is 4.17. The smallest absolute Gasteiger partial charge is 0.0239 e. The van der Waals surface area contributed by atoms with Crippen LogP contribution in [0.1, 0.15) is 19.3 Å². The van der Waals surface area contributed by atoms with Gasteiger partial charge >= 0.3 is 0 Å². The zero-order chi connectivity index (χ0) is 5.84. The molecule has 2 fully saturated rings. The van der Waals surface area contributed by atoms with E-state index in [9.17, 15) is 0 Å². The molecule has 2 saturated carbocycles. The van der Waals surface area contributed by atoms with Crippen LogP contribution < -0.4 is 0 Å². The van der Waals surface area contributed by atoms with Crippen LogP contribution in [0.4, 0.5) is 0 Å². The van der Waals surface area contributed by atoms with Gasteiger partial charge in [-0.15, -0.1) is 5.92 Å². The van der Waals surface area contributed by atoms with Crippen molar-refractivity contribution in [2.75, 3.05) is 0 Å². The summed E-state index contributed by atoms with van der Waals surface area (Å²) in [5.41, 5.74) is 0. The Balaban J connectivity index is 2.00. The average molecular weight is 118 g/mol. The van der Waals surface area contributed by atoms with Crippen molar-refractivity contribution < 1.29 is 0 Å². The van der Waals surface area contributed by atoms with E-state index >= 15 is 0 Å². The van der Waals surface area contributed by atoms with Crippen LogP contribution in [0.3, 0.4) is 0 Å². The summed E-state index contributed by atoms with van der Waals surface area (Å²) >= 11 is 0. The number of hydrogen-bond donors (Lipinski definition) is 0. The maximum atomic E-state index is 3.33. The molecule has 0 nitrogen and oxygen atoms in total. The van der Waals surface area contributed by atoms with Crippen molar-refractivity contribution >= 4 is 0 Å². The van der Waals surface area contributed by atoms with Gasteiger partial charge in [0.15, 0.2) is 0 Å². The molecule has 3 rings (SSSR count). The summed E-state index contributed by atoms with van der Waals surface area (Å²) < 4.78 is 0. The van der Waals surface area contributed by atoms with Gasteiger partial charge in [0.25, 0.3) is 0 Å². The first-order valence-electron chi connectivity index (χ1n) is 3.93. The molecule has 0 aliphatic heterocycles. The SMILES string of the molecule is C1#CC2CC3CC(C1)C23. The summed E-state index contributed by atoms with van der Waals surface area (Å²) in [6.45, 7) is 0. The highest BCUT2D eigenvalue weighted by molar-refractivity contribution is 5.22. The maximum absolute atomic E-state index is 3.33. The zero-order valence-corrected chi connectivity index (χ0v) is 5.43. The highest BCUT2D eigenvalue weighted by Gasteiger charge is 2.53. The fraction of sp³-hybridized carbons (Fsp3) is 0.778. The van der Waals surface area contributed by atoms with Gasteiger partial charge in [-0.3, -0.25) is 0 Å². The number of hydrogen-bond acceptors (Lipinski definition) is 0. The van der Waals surface area contributed by atoms with E-state index in [-0.39, 0.29) is 0 Å². The Kier molecular flexibility index (Phi) is 0.578. The largest absolute Gasteiger partial charge is 0.103 e. The van der Waals surface area contributed by atoms with Crippen LogP contribution in [0, 0.1) is 35.5 Å². The van der Waals surface area contributed by atoms with Crippen LogP contribution in [0.15, 0.2) is 0 Å². The lowest BCUT2D eigenvalue weighted by Crippen LogP contribution is -2.52. The van der Waals surface area contributed by atoms with Gasteiger partial charge in [-0.2, -0.15) is 0 Å². The molecule has 0 bridgehead atoms. The molecule has 4 unspecified atom stereocenters. The topological polar surface area (TPSA) is 0 Å². The molecule has 3 aliphatic carbocycles. The first-order valence-corrected chi connectivity index (χ1v) is 3.93. The lowest BCUT2D eigenvalue weighted by molar-refractivity contribution is -0.0647. The first-order chi connectivity index (χ1) is 4.45. The van der Waals surface area contributed by atoms with E-state index in [0.717, 1.165) is 23.7 Å². The van der Waals surface area contributed by atoms with Crippen molar-refractivity contribution in [2.45, 2.75) is 19.3 Å². The standard InChI is InChI=1S/C9H10/c1-2-6-4-8-5-7(3-1)9(6)8/h6-9H,2,4-5H2. The van der Waals surface area contributed by atoms with Gasteiger partial charge in [0, 0.05) is 12.3 Å². The van der Waals surface area contributed by atoms with E-state index in [0.29, 0.717) is 0 Å². The van der Waals surface area contributed by atoms with Crippen molar-refractivity contribution in [2.24, 2.45) is 23.7 Å². The minimum absolute atomic E-state index is 0.850. The van der Waals surface area contributed by atoms with Crippen LogP contribution in [-0.4, -0.2) is 0 Å². The molecule has 9 heavy (non-hydrogen) atoms. The molecule has 0 heteroatoms. The minimum Gasteiger partial charge on any atom is -0.103 e. The van der Waals surface area contributed by atoms with E-state index in [1.807, 2.05) is 0 Å². The third kappa shape index (κ3) is 0.358. The molecule has 0 saturated heterocycles. The van der Waals surface area contributed by atoms with E-state index in [4.69, 9.17) is 0 Å². The molecule has 0 radical (unpaired) electrons. The van der Waals surface area contributed by atoms with Crippen molar-refractivity contribution in [1.29, 1.82) is 0 Å². The molecule has 0 N–H and O–H groups in total. The predicted octanol–water partition coefficient (Wildman–Crippen LogP) is 1.67. The molecule has 4 atom stereocenters. The minimum atomic E-state index is 0.850. The summed E-state index contributed by atoms with van der Waals surface area (Å²) in [5, 5.41) is 0. The highest BCUT2D eigenvalue weighted by atomic mass is 14.6. The Bertz CT molecular complexity index is 206. The second-order valence-electron chi connectivity index (χ2n) is 3.70. The molecule has 0 spiro atoms. The van der Waals surface area contributed by atoms with Crippen molar-refractivity contribution in [1.82, 2.24) is 0 Å². The third-order valence-electron chi connectivity index (χ3n) is 3.37. The normalized spacial score (nSPS) is 57.8. The molecule has 3 aliphatic rings. The van der Waals surface area contributed by atoms with E-state index in [2.05, 4.69) is 11.8 Å².